The second-order valence-electron chi connectivity index (χ2n) is 7.82. The van der Waals surface area contributed by atoms with Gasteiger partial charge in [-0.2, -0.15) is 13.2 Å². The van der Waals surface area contributed by atoms with E-state index in [0.29, 0.717) is 24.8 Å². The zero-order valence-corrected chi connectivity index (χ0v) is 14.7. The Balaban J connectivity index is 1.51. The van der Waals surface area contributed by atoms with E-state index in [1.54, 1.807) is 0 Å². The van der Waals surface area contributed by atoms with Crippen molar-refractivity contribution in [3.8, 4) is 0 Å². The van der Waals surface area contributed by atoms with E-state index in [1.165, 1.54) is 6.20 Å². The molecule has 1 amide bonds. The van der Waals surface area contributed by atoms with Crippen LogP contribution in [0.2, 0.25) is 0 Å². The van der Waals surface area contributed by atoms with Gasteiger partial charge in [-0.3, -0.25) is 9.69 Å². The maximum absolute atomic E-state index is 13.9. The van der Waals surface area contributed by atoms with E-state index in [-0.39, 0.29) is 24.9 Å². The van der Waals surface area contributed by atoms with Gasteiger partial charge in [0.25, 0.3) is 0 Å². The Bertz CT molecular complexity index is 728. The van der Waals surface area contributed by atoms with E-state index >= 15 is 0 Å². The summed E-state index contributed by atoms with van der Waals surface area (Å²) in [5.41, 5.74) is 4.74. The van der Waals surface area contributed by atoms with Crippen molar-refractivity contribution < 1.29 is 22.4 Å². The molecule has 9 heteroatoms. The number of anilines is 1. The van der Waals surface area contributed by atoms with Crippen molar-refractivity contribution in [2.75, 3.05) is 24.5 Å². The minimum atomic E-state index is -4.41. The number of hydrogen-bond donors (Lipinski definition) is 1. The normalized spacial score (nSPS) is 34.2. The van der Waals surface area contributed by atoms with E-state index in [1.807, 2.05) is 9.80 Å². The first-order chi connectivity index (χ1) is 12.7. The maximum atomic E-state index is 13.9. The molecule has 0 bridgehead atoms. The number of rotatable bonds is 3. The highest BCUT2D eigenvalue weighted by atomic mass is 19.4. The van der Waals surface area contributed by atoms with Crippen LogP contribution in [0.5, 0.6) is 0 Å². The number of fused-ring (bicyclic) bond motifs is 1. The lowest BCUT2D eigenvalue weighted by molar-refractivity contribution is -0.137. The van der Waals surface area contributed by atoms with Crippen LogP contribution in [0.3, 0.4) is 0 Å². The monoisotopic (exact) mass is 386 g/mol. The van der Waals surface area contributed by atoms with Crippen molar-refractivity contribution in [3.63, 3.8) is 0 Å². The molecule has 5 nitrogen and oxygen atoms in total. The van der Waals surface area contributed by atoms with Crippen LogP contribution in [-0.4, -0.2) is 53.7 Å². The average Bonchev–Trinajstić information content (AvgIpc) is 3.27. The van der Waals surface area contributed by atoms with Gasteiger partial charge in [0.2, 0.25) is 5.91 Å². The lowest BCUT2D eigenvalue weighted by Crippen LogP contribution is -2.48. The van der Waals surface area contributed by atoms with Crippen molar-refractivity contribution in [2.24, 2.45) is 17.6 Å². The van der Waals surface area contributed by atoms with Crippen LogP contribution < -0.4 is 10.6 Å². The van der Waals surface area contributed by atoms with E-state index in [4.69, 9.17) is 5.73 Å². The highest BCUT2D eigenvalue weighted by molar-refractivity contribution is 5.80. The molecule has 2 aliphatic heterocycles. The number of alkyl halides is 4. The van der Waals surface area contributed by atoms with Crippen molar-refractivity contribution in [2.45, 2.75) is 43.7 Å². The van der Waals surface area contributed by atoms with Gasteiger partial charge >= 0.3 is 6.18 Å². The number of aromatic nitrogens is 1. The van der Waals surface area contributed by atoms with E-state index < -0.39 is 29.9 Å². The van der Waals surface area contributed by atoms with Gasteiger partial charge in [-0.1, -0.05) is 0 Å². The Morgan fingerprint density at radius 2 is 2.00 bits per heavy atom. The summed E-state index contributed by atoms with van der Waals surface area (Å²) in [6.07, 6.45) is -2.40. The number of hydrogen-bond acceptors (Lipinski definition) is 4. The Kier molecular flexibility index (Phi) is 4.52. The minimum Gasteiger partial charge on any atom is -0.368 e. The molecular formula is C18H22F4N4O. The third-order valence-corrected chi connectivity index (χ3v) is 6.26. The quantitative estimate of drug-likeness (QED) is 0.810. The number of halogens is 4. The summed E-state index contributed by atoms with van der Waals surface area (Å²) in [5, 5.41) is 0. The number of nitrogens with two attached hydrogens (primary N) is 1. The number of carbonyl (C=O) groups excluding carboxylic acids is 1. The first-order valence-corrected chi connectivity index (χ1v) is 9.21. The van der Waals surface area contributed by atoms with E-state index in [2.05, 4.69) is 4.98 Å². The molecule has 5 atom stereocenters. The van der Waals surface area contributed by atoms with Gasteiger partial charge in [-0.15, -0.1) is 0 Å². The number of nitrogens with zero attached hydrogens (tertiary/aromatic N) is 3. The van der Waals surface area contributed by atoms with Crippen LogP contribution in [0.4, 0.5) is 23.4 Å². The molecule has 0 radical (unpaired) electrons. The summed E-state index contributed by atoms with van der Waals surface area (Å²) < 4.78 is 52.8. The molecular weight excluding hydrogens is 364 g/mol. The molecule has 3 fully saturated rings. The van der Waals surface area contributed by atoms with Gasteiger partial charge in [0.15, 0.2) is 0 Å². The molecule has 4 rings (SSSR count). The van der Waals surface area contributed by atoms with Crippen LogP contribution in [0.25, 0.3) is 0 Å². The Morgan fingerprint density at radius 3 is 2.70 bits per heavy atom. The SMILES string of the molecule is NC(=O)[C@@H]1C[C@@H](F)CN1[C@H]1CC[C@@H]2CN(c3cc(C(F)(F)F)ccn3)C[C@@H]21. The van der Waals surface area contributed by atoms with Gasteiger partial charge in [-0.25, -0.2) is 9.37 Å². The largest absolute Gasteiger partial charge is 0.416 e. The summed E-state index contributed by atoms with van der Waals surface area (Å²) in [4.78, 5) is 19.6. The number of carbonyl (C=O) groups is 1. The molecule has 148 valence electrons. The van der Waals surface area contributed by atoms with Gasteiger partial charge in [0, 0.05) is 38.3 Å². The molecule has 0 aromatic carbocycles. The Morgan fingerprint density at radius 1 is 1.22 bits per heavy atom. The van der Waals surface area contributed by atoms with Crippen LogP contribution in [0.1, 0.15) is 24.8 Å². The fourth-order valence-electron chi connectivity index (χ4n) is 5.06. The topological polar surface area (TPSA) is 62.5 Å². The van der Waals surface area contributed by atoms with E-state index in [9.17, 15) is 22.4 Å². The second-order valence-corrected chi connectivity index (χ2v) is 7.82. The number of amides is 1. The van der Waals surface area contributed by atoms with Gasteiger partial charge < -0.3 is 10.6 Å². The predicted molar refractivity (Wildman–Crippen MR) is 90.7 cm³/mol. The molecule has 2 saturated heterocycles. The highest BCUT2D eigenvalue weighted by Gasteiger charge is 2.50. The second kappa shape index (κ2) is 6.61. The maximum Gasteiger partial charge on any atom is 0.416 e. The highest BCUT2D eigenvalue weighted by Crippen LogP contribution is 2.44. The van der Waals surface area contributed by atoms with Crippen LogP contribution in [-0.2, 0) is 11.0 Å². The number of primary amides is 1. The zero-order chi connectivity index (χ0) is 19.3. The Labute approximate surface area is 154 Å². The lowest BCUT2D eigenvalue weighted by Gasteiger charge is -2.32. The molecule has 3 aliphatic rings. The summed E-state index contributed by atoms with van der Waals surface area (Å²) in [5.74, 6) is 0.286. The third-order valence-electron chi connectivity index (χ3n) is 6.26. The summed E-state index contributed by atoms with van der Waals surface area (Å²) >= 11 is 0. The standard InChI is InChI=1S/C18H22F4N4O/c19-12-6-15(17(23)27)26(8-12)14-2-1-10-7-25(9-13(10)14)16-5-11(3-4-24-16)18(20,21)22/h3-5,10,12-15H,1-2,6-9H2,(H2,23,27)/t10-,12-,13+,14+,15+/m1/s1. The van der Waals surface area contributed by atoms with E-state index in [0.717, 1.165) is 25.0 Å². The fourth-order valence-corrected chi connectivity index (χ4v) is 5.06. The smallest absolute Gasteiger partial charge is 0.368 e. The molecule has 1 aromatic heterocycles. The molecule has 1 saturated carbocycles. The average molecular weight is 386 g/mol. The molecule has 27 heavy (non-hydrogen) atoms. The zero-order valence-electron chi connectivity index (χ0n) is 14.7. The molecule has 2 N–H and O–H groups in total. The Hall–Kier alpha value is -1.90. The van der Waals surface area contributed by atoms with Crippen molar-refractivity contribution in [3.05, 3.63) is 23.9 Å². The molecule has 0 spiro atoms. The summed E-state index contributed by atoms with van der Waals surface area (Å²) in [6.45, 7) is 1.38. The molecule has 1 aromatic rings. The van der Waals surface area contributed by atoms with Crippen LogP contribution in [0, 0.1) is 11.8 Å². The van der Waals surface area contributed by atoms with Gasteiger partial charge in [0.05, 0.1) is 11.6 Å². The molecule has 3 heterocycles. The number of pyridine rings is 1. The van der Waals surface area contributed by atoms with Gasteiger partial charge in [-0.05, 0) is 36.8 Å². The fraction of sp³-hybridized carbons (Fsp3) is 0.667. The number of likely N-dealkylation sites (tertiary alicyclic amines) is 1. The van der Waals surface area contributed by atoms with Gasteiger partial charge in [0.1, 0.15) is 12.0 Å². The van der Waals surface area contributed by atoms with Crippen molar-refractivity contribution in [1.29, 1.82) is 0 Å². The van der Waals surface area contributed by atoms with Crippen LogP contribution in [0.15, 0.2) is 18.3 Å². The molecule has 0 unspecified atom stereocenters. The lowest BCUT2D eigenvalue weighted by atomic mass is 9.96. The van der Waals surface area contributed by atoms with Crippen molar-refractivity contribution in [1.82, 2.24) is 9.88 Å². The summed E-state index contributed by atoms with van der Waals surface area (Å²) in [6, 6.07) is 1.48. The predicted octanol–water partition coefficient (Wildman–Crippen LogP) is 2.21. The van der Waals surface area contributed by atoms with Crippen molar-refractivity contribution >= 4 is 11.7 Å². The van der Waals surface area contributed by atoms with Crippen LogP contribution >= 0.6 is 0 Å². The first-order valence-electron chi connectivity index (χ1n) is 9.21. The minimum absolute atomic E-state index is 0.0315. The third kappa shape index (κ3) is 3.37. The first kappa shape index (κ1) is 18.5. The molecule has 1 aliphatic carbocycles. The summed E-state index contributed by atoms with van der Waals surface area (Å²) in [7, 11) is 0.